The molecule has 0 aliphatic heterocycles. The number of aromatic nitrogens is 3. The third kappa shape index (κ3) is 4.32. The van der Waals surface area contributed by atoms with Gasteiger partial charge < -0.3 is 4.42 Å². The SMILES string of the molecule is c1ccc(-c2nc(-c3ccc(-c4cccc5c4-c4ccccc4C54c5ccccc5-c5oc6ccccc6c54)cc3)nc(-c3ccc4ccccc4c3)n2)cc1. The fraction of sp³-hybridized carbons (Fsp3) is 0.0192. The predicted molar refractivity (Wildman–Crippen MR) is 225 cm³/mol. The molecule has 8 aromatic carbocycles. The van der Waals surface area contributed by atoms with Crippen LogP contribution in [-0.4, -0.2) is 15.0 Å². The van der Waals surface area contributed by atoms with Crippen LogP contribution in [0.4, 0.5) is 0 Å². The van der Waals surface area contributed by atoms with Gasteiger partial charge in [-0.1, -0.05) is 176 Å². The molecule has 56 heavy (non-hydrogen) atoms. The molecular formula is C52H31N3O. The zero-order valence-corrected chi connectivity index (χ0v) is 30.1. The molecule has 2 heterocycles. The van der Waals surface area contributed by atoms with Crippen LogP contribution in [0.15, 0.2) is 192 Å². The van der Waals surface area contributed by atoms with Crippen LogP contribution < -0.4 is 0 Å². The monoisotopic (exact) mass is 713 g/mol. The van der Waals surface area contributed by atoms with Crippen LogP contribution >= 0.6 is 0 Å². The van der Waals surface area contributed by atoms with Crippen molar-refractivity contribution in [1.29, 1.82) is 0 Å². The van der Waals surface area contributed by atoms with E-state index >= 15 is 0 Å². The molecule has 2 aliphatic rings. The van der Waals surface area contributed by atoms with Crippen LogP contribution in [-0.2, 0) is 5.41 Å². The number of fused-ring (bicyclic) bond motifs is 13. The maximum absolute atomic E-state index is 6.70. The maximum Gasteiger partial charge on any atom is 0.164 e. The summed E-state index contributed by atoms with van der Waals surface area (Å²) in [4.78, 5) is 15.1. The van der Waals surface area contributed by atoms with Crippen LogP contribution in [0.2, 0.25) is 0 Å². The number of furan rings is 1. The molecule has 0 saturated carbocycles. The van der Waals surface area contributed by atoms with E-state index in [0.717, 1.165) is 49.9 Å². The molecule has 0 radical (unpaired) electrons. The summed E-state index contributed by atoms with van der Waals surface area (Å²) < 4.78 is 6.70. The topological polar surface area (TPSA) is 51.8 Å². The highest BCUT2D eigenvalue weighted by atomic mass is 16.3. The van der Waals surface area contributed by atoms with Crippen LogP contribution in [0.5, 0.6) is 0 Å². The minimum Gasteiger partial charge on any atom is -0.456 e. The van der Waals surface area contributed by atoms with Crippen molar-refractivity contribution >= 4 is 21.7 Å². The molecule has 4 nitrogen and oxygen atoms in total. The van der Waals surface area contributed by atoms with Gasteiger partial charge in [-0.25, -0.2) is 15.0 Å². The summed E-state index contributed by atoms with van der Waals surface area (Å²) in [6.45, 7) is 0. The highest BCUT2D eigenvalue weighted by Crippen LogP contribution is 2.65. The van der Waals surface area contributed by atoms with E-state index in [9.17, 15) is 0 Å². The summed E-state index contributed by atoms with van der Waals surface area (Å²) in [6.07, 6.45) is 0. The Morgan fingerprint density at radius 3 is 1.73 bits per heavy atom. The first-order valence-electron chi connectivity index (χ1n) is 19.0. The van der Waals surface area contributed by atoms with Crippen molar-refractivity contribution in [2.24, 2.45) is 0 Å². The van der Waals surface area contributed by atoms with Gasteiger partial charge in [0.25, 0.3) is 0 Å². The van der Waals surface area contributed by atoms with Crippen molar-refractivity contribution in [2.45, 2.75) is 5.41 Å². The van der Waals surface area contributed by atoms with Gasteiger partial charge in [0.2, 0.25) is 0 Å². The van der Waals surface area contributed by atoms with Crippen LogP contribution in [0.1, 0.15) is 22.3 Å². The molecule has 2 aromatic heterocycles. The Balaban J connectivity index is 1.02. The quantitative estimate of drug-likeness (QED) is 0.182. The minimum absolute atomic E-state index is 0.502. The van der Waals surface area contributed by atoms with Crippen LogP contribution in [0.3, 0.4) is 0 Å². The molecular weight excluding hydrogens is 683 g/mol. The molecule has 4 heteroatoms. The molecule has 10 aromatic rings. The fourth-order valence-corrected chi connectivity index (χ4v) is 9.36. The van der Waals surface area contributed by atoms with Crippen molar-refractivity contribution in [2.75, 3.05) is 0 Å². The number of para-hydroxylation sites is 1. The molecule has 2 aliphatic carbocycles. The highest BCUT2D eigenvalue weighted by Gasteiger charge is 2.54. The number of nitrogens with zero attached hydrogens (tertiary/aromatic N) is 3. The van der Waals surface area contributed by atoms with Gasteiger partial charge in [-0.15, -0.1) is 0 Å². The Kier molecular flexibility index (Phi) is 6.52. The van der Waals surface area contributed by atoms with E-state index in [1.54, 1.807) is 0 Å². The summed E-state index contributed by atoms with van der Waals surface area (Å²) in [5.41, 5.74) is 14.3. The average molecular weight is 714 g/mol. The highest BCUT2D eigenvalue weighted by molar-refractivity contribution is 6.04. The van der Waals surface area contributed by atoms with Gasteiger partial charge in [0.15, 0.2) is 17.5 Å². The fourth-order valence-electron chi connectivity index (χ4n) is 9.36. The first kappa shape index (κ1) is 31.0. The minimum atomic E-state index is -0.502. The van der Waals surface area contributed by atoms with Gasteiger partial charge in [-0.3, -0.25) is 0 Å². The lowest BCUT2D eigenvalue weighted by Crippen LogP contribution is -2.25. The Labute approximate surface area is 323 Å². The van der Waals surface area contributed by atoms with E-state index in [0.29, 0.717) is 17.5 Å². The number of hydrogen-bond donors (Lipinski definition) is 0. The molecule has 1 unspecified atom stereocenters. The van der Waals surface area contributed by atoms with E-state index in [4.69, 9.17) is 19.4 Å². The summed E-state index contributed by atoms with van der Waals surface area (Å²) >= 11 is 0. The molecule has 260 valence electrons. The van der Waals surface area contributed by atoms with E-state index < -0.39 is 5.41 Å². The summed E-state index contributed by atoms with van der Waals surface area (Å²) in [5, 5.41) is 3.49. The van der Waals surface area contributed by atoms with Gasteiger partial charge in [-0.2, -0.15) is 0 Å². The van der Waals surface area contributed by atoms with E-state index in [1.165, 1.54) is 44.3 Å². The summed E-state index contributed by atoms with van der Waals surface area (Å²) in [5.74, 6) is 2.90. The predicted octanol–water partition coefficient (Wildman–Crippen LogP) is 12.8. The number of hydrogen-bond acceptors (Lipinski definition) is 4. The van der Waals surface area contributed by atoms with Gasteiger partial charge in [-0.05, 0) is 61.8 Å². The summed E-state index contributed by atoms with van der Waals surface area (Å²) in [7, 11) is 0. The van der Waals surface area contributed by atoms with Crippen molar-refractivity contribution in [3.8, 4) is 67.7 Å². The van der Waals surface area contributed by atoms with Crippen molar-refractivity contribution in [3.05, 3.63) is 210 Å². The normalized spacial score (nSPS) is 14.9. The Morgan fingerprint density at radius 2 is 0.929 bits per heavy atom. The zero-order valence-electron chi connectivity index (χ0n) is 30.1. The third-order valence-electron chi connectivity index (χ3n) is 11.7. The molecule has 0 saturated heterocycles. The van der Waals surface area contributed by atoms with Crippen LogP contribution in [0.25, 0.3) is 89.5 Å². The zero-order chi connectivity index (χ0) is 36.8. The van der Waals surface area contributed by atoms with Crippen LogP contribution in [0, 0.1) is 0 Å². The second-order valence-corrected chi connectivity index (χ2v) is 14.7. The average Bonchev–Trinajstić information content (AvgIpc) is 3.90. The van der Waals surface area contributed by atoms with Crippen molar-refractivity contribution in [3.63, 3.8) is 0 Å². The largest absolute Gasteiger partial charge is 0.456 e. The number of rotatable bonds is 4. The molecule has 0 N–H and O–H groups in total. The lowest BCUT2D eigenvalue weighted by atomic mass is 9.70. The third-order valence-corrected chi connectivity index (χ3v) is 11.7. The molecule has 1 spiro atoms. The van der Waals surface area contributed by atoms with Gasteiger partial charge in [0.05, 0.1) is 5.41 Å². The second kappa shape index (κ2) is 11.8. The van der Waals surface area contributed by atoms with E-state index in [2.05, 4.69) is 158 Å². The molecule has 0 bridgehead atoms. The maximum atomic E-state index is 6.70. The lowest BCUT2D eigenvalue weighted by Gasteiger charge is -2.30. The smallest absolute Gasteiger partial charge is 0.164 e. The molecule has 0 fully saturated rings. The Morgan fingerprint density at radius 1 is 0.375 bits per heavy atom. The first-order chi connectivity index (χ1) is 27.8. The molecule has 0 amide bonds. The van der Waals surface area contributed by atoms with Gasteiger partial charge >= 0.3 is 0 Å². The Bertz CT molecular complexity index is 3200. The van der Waals surface area contributed by atoms with Crippen molar-refractivity contribution < 1.29 is 4.42 Å². The van der Waals surface area contributed by atoms with E-state index in [-0.39, 0.29) is 0 Å². The first-order valence-corrected chi connectivity index (χ1v) is 19.0. The second-order valence-electron chi connectivity index (χ2n) is 14.7. The van der Waals surface area contributed by atoms with Crippen molar-refractivity contribution in [1.82, 2.24) is 15.0 Å². The van der Waals surface area contributed by atoms with E-state index in [1.807, 2.05) is 30.3 Å². The molecule has 1 atom stereocenters. The van der Waals surface area contributed by atoms with Gasteiger partial charge in [0, 0.05) is 33.2 Å². The summed E-state index contributed by atoms with van der Waals surface area (Å²) in [6, 6.07) is 66.6. The lowest BCUT2D eigenvalue weighted by molar-refractivity contribution is 0.628. The van der Waals surface area contributed by atoms with Gasteiger partial charge in [0.1, 0.15) is 11.3 Å². The molecule has 12 rings (SSSR count). The Hall–Kier alpha value is -7.43. The standard InChI is InChI=1S/C52H31N3O/c1-2-14-34(15-3-1)49-53-50(55-51(54-49)37-30-25-32-13-4-5-16-36(32)31-37)35-28-26-33(27-29-35)38-20-12-23-44-46(38)39-17-6-9-21-42(39)52(44)43-22-10-7-18-40(43)48-47(52)41-19-8-11-24-45(41)56-48/h1-31H. The number of benzene rings is 8.